The lowest BCUT2D eigenvalue weighted by Crippen LogP contribution is -2.12. The van der Waals surface area contributed by atoms with Crippen molar-refractivity contribution in [1.29, 1.82) is 0 Å². The minimum absolute atomic E-state index is 0.182. The Morgan fingerprint density at radius 2 is 1.56 bits per heavy atom. The molecule has 5 rings (SSSR count). The maximum Gasteiger partial charge on any atom is 0.277 e. The molecule has 0 bridgehead atoms. The van der Waals surface area contributed by atoms with E-state index in [1.165, 1.54) is 5.56 Å². The van der Waals surface area contributed by atoms with Gasteiger partial charge in [-0.3, -0.25) is 9.78 Å². The highest BCUT2D eigenvalue weighted by molar-refractivity contribution is 6.03. The zero-order valence-electron chi connectivity index (χ0n) is 19.7. The largest absolute Gasteiger partial charge is 0.355 e. The summed E-state index contributed by atoms with van der Waals surface area (Å²) in [7, 11) is 0. The first-order valence-electron chi connectivity index (χ1n) is 11.3. The van der Waals surface area contributed by atoms with Gasteiger partial charge in [0.05, 0.1) is 0 Å². The molecule has 3 N–H and O–H groups in total. The molecule has 1 amide bonds. The van der Waals surface area contributed by atoms with E-state index in [-0.39, 0.29) is 11.6 Å². The molecule has 0 atom stereocenters. The van der Waals surface area contributed by atoms with Crippen molar-refractivity contribution in [3.63, 3.8) is 0 Å². The van der Waals surface area contributed by atoms with Gasteiger partial charge in [0.2, 0.25) is 5.95 Å². The van der Waals surface area contributed by atoms with Crippen LogP contribution in [0.5, 0.6) is 0 Å². The van der Waals surface area contributed by atoms with Crippen LogP contribution in [0.2, 0.25) is 0 Å². The van der Waals surface area contributed by atoms with Gasteiger partial charge in [0.15, 0.2) is 11.5 Å². The monoisotopic (exact) mass is 477 g/mol. The number of nitrogens with one attached hydrogen (secondary N) is 3. The number of anilines is 5. The predicted octanol–water partition coefficient (Wildman–Crippen LogP) is 5.88. The average molecular weight is 478 g/mol. The molecule has 0 aliphatic rings. The number of aromatic nitrogens is 4. The van der Waals surface area contributed by atoms with E-state index in [0.29, 0.717) is 23.2 Å². The maximum absolute atomic E-state index is 12.6. The molecule has 3 heterocycles. The number of pyridine rings is 1. The van der Waals surface area contributed by atoms with Crippen LogP contribution in [-0.4, -0.2) is 26.0 Å². The Kier molecular flexibility index (Phi) is 6.35. The quantitative estimate of drug-likeness (QED) is 0.266. The van der Waals surface area contributed by atoms with Gasteiger partial charge in [0.1, 0.15) is 5.82 Å². The normalized spacial score (nSPS) is 10.6. The molecule has 9 heteroatoms. The third-order valence-corrected chi connectivity index (χ3v) is 5.27. The highest BCUT2D eigenvalue weighted by Gasteiger charge is 2.14. The van der Waals surface area contributed by atoms with Crippen molar-refractivity contribution in [3.05, 3.63) is 102 Å². The van der Waals surface area contributed by atoms with Crippen molar-refractivity contribution < 1.29 is 9.32 Å². The minimum atomic E-state index is -0.368. The first kappa shape index (κ1) is 22.7. The zero-order valence-corrected chi connectivity index (χ0v) is 19.7. The summed E-state index contributed by atoms with van der Waals surface area (Å²) in [6.07, 6.45) is 3.31. The molecule has 0 saturated heterocycles. The first-order chi connectivity index (χ1) is 17.5. The molecular formula is C27H23N7O2. The van der Waals surface area contributed by atoms with Crippen LogP contribution < -0.4 is 16.0 Å². The molecule has 2 aromatic carbocycles. The third-order valence-electron chi connectivity index (χ3n) is 5.27. The van der Waals surface area contributed by atoms with Crippen LogP contribution in [0.3, 0.4) is 0 Å². The fraction of sp³-hybridized carbons (Fsp3) is 0.0741. The van der Waals surface area contributed by atoms with Crippen LogP contribution in [0.15, 0.2) is 89.7 Å². The molecule has 0 radical (unpaired) electrons. The minimum Gasteiger partial charge on any atom is -0.355 e. The second-order valence-electron chi connectivity index (χ2n) is 8.18. The standard InChI is InChI=1S/C27H23N7O2/c1-17-5-7-22(8-6-17)32-27-29-18(2)14-25(33-27)30-20-9-11-21(12-10-20)31-26(35)23-15-24(36-34-23)19-4-3-13-28-16-19/h3-16H,1-2H3,(H,31,35)(H2,29,30,32,33). The molecule has 0 fully saturated rings. The van der Waals surface area contributed by atoms with E-state index >= 15 is 0 Å². The smallest absolute Gasteiger partial charge is 0.277 e. The molecule has 5 aromatic rings. The number of nitrogens with zero attached hydrogens (tertiary/aromatic N) is 4. The van der Waals surface area contributed by atoms with E-state index in [2.05, 4.69) is 36.1 Å². The Labute approximate surface area is 207 Å². The van der Waals surface area contributed by atoms with Crippen LogP contribution in [0.1, 0.15) is 21.7 Å². The number of carbonyl (C=O) groups excluding carboxylic acids is 1. The summed E-state index contributed by atoms with van der Waals surface area (Å²) in [4.78, 5) is 25.7. The van der Waals surface area contributed by atoms with Gasteiger partial charge in [-0.2, -0.15) is 4.98 Å². The van der Waals surface area contributed by atoms with Gasteiger partial charge in [-0.1, -0.05) is 22.9 Å². The van der Waals surface area contributed by atoms with Crippen molar-refractivity contribution in [3.8, 4) is 11.3 Å². The van der Waals surface area contributed by atoms with E-state index in [4.69, 9.17) is 4.52 Å². The predicted molar refractivity (Wildman–Crippen MR) is 139 cm³/mol. The summed E-state index contributed by atoms with van der Waals surface area (Å²) in [6.45, 7) is 3.95. The summed E-state index contributed by atoms with van der Waals surface area (Å²) in [5.74, 6) is 1.26. The average Bonchev–Trinajstić information content (AvgIpc) is 3.38. The molecule has 0 aliphatic heterocycles. The maximum atomic E-state index is 12.6. The molecule has 9 nitrogen and oxygen atoms in total. The van der Waals surface area contributed by atoms with E-state index < -0.39 is 0 Å². The Morgan fingerprint density at radius 1 is 0.833 bits per heavy atom. The fourth-order valence-electron chi connectivity index (χ4n) is 3.46. The van der Waals surface area contributed by atoms with Gasteiger partial charge in [-0.05, 0) is 62.4 Å². The van der Waals surface area contributed by atoms with Gasteiger partial charge < -0.3 is 20.5 Å². The van der Waals surface area contributed by atoms with Gasteiger partial charge in [0, 0.05) is 52.8 Å². The summed E-state index contributed by atoms with van der Waals surface area (Å²) in [6, 6.07) is 22.4. The molecular weight excluding hydrogens is 454 g/mol. The van der Waals surface area contributed by atoms with Crippen LogP contribution in [0, 0.1) is 13.8 Å². The van der Waals surface area contributed by atoms with Gasteiger partial charge in [-0.25, -0.2) is 4.98 Å². The molecule has 3 aromatic heterocycles. The summed E-state index contributed by atoms with van der Waals surface area (Å²) < 4.78 is 5.28. The van der Waals surface area contributed by atoms with E-state index in [1.54, 1.807) is 36.7 Å². The number of benzene rings is 2. The molecule has 0 unspecified atom stereocenters. The summed E-state index contributed by atoms with van der Waals surface area (Å²) in [5.41, 5.74) is 5.28. The van der Waals surface area contributed by atoms with Crippen molar-refractivity contribution in [2.75, 3.05) is 16.0 Å². The van der Waals surface area contributed by atoms with Crippen molar-refractivity contribution in [2.24, 2.45) is 0 Å². The van der Waals surface area contributed by atoms with Crippen LogP contribution in [0.4, 0.5) is 28.8 Å². The third kappa shape index (κ3) is 5.53. The number of amides is 1. The van der Waals surface area contributed by atoms with Crippen molar-refractivity contribution in [1.82, 2.24) is 20.1 Å². The van der Waals surface area contributed by atoms with Gasteiger partial charge >= 0.3 is 0 Å². The molecule has 36 heavy (non-hydrogen) atoms. The number of hydrogen-bond donors (Lipinski definition) is 3. The fourth-order valence-corrected chi connectivity index (χ4v) is 3.46. The Bertz CT molecular complexity index is 1480. The Morgan fingerprint density at radius 3 is 2.31 bits per heavy atom. The molecule has 0 saturated carbocycles. The highest BCUT2D eigenvalue weighted by atomic mass is 16.5. The number of rotatable bonds is 7. The van der Waals surface area contributed by atoms with E-state index in [1.807, 2.05) is 62.4 Å². The Hall–Kier alpha value is -5.05. The second kappa shape index (κ2) is 10.1. The molecule has 178 valence electrons. The second-order valence-corrected chi connectivity index (χ2v) is 8.18. The first-order valence-corrected chi connectivity index (χ1v) is 11.3. The zero-order chi connectivity index (χ0) is 24.9. The summed E-state index contributed by atoms with van der Waals surface area (Å²) in [5, 5.41) is 13.2. The lowest BCUT2D eigenvalue weighted by atomic mass is 10.2. The number of aryl methyl sites for hydroxylation is 2. The highest BCUT2D eigenvalue weighted by Crippen LogP contribution is 2.22. The molecule has 0 spiro atoms. The number of hydrogen-bond acceptors (Lipinski definition) is 8. The van der Waals surface area contributed by atoms with Crippen LogP contribution in [-0.2, 0) is 0 Å². The van der Waals surface area contributed by atoms with Crippen LogP contribution in [0.25, 0.3) is 11.3 Å². The van der Waals surface area contributed by atoms with E-state index in [0.717, 1.165) is 22.6 Å². The van der Waals surface area contributed by atoms with Gasteiger partial charge in [0.25, 0.3) is 5.91 Å². The van der Waals surface area contributed by atoms with Crippen LogP contribution >= 0.6 is 0 Å². The SMILES string of the molecule is Cc1ccc(Nc2nc(C)cc(Nc3ccc(NC(=O)c4cc(-c5cccnc5)on4)cc3)n2)cc1. The van der Waals surface area contributed by atoms with Crippen molar-refractivity contribution >= 4 is 34.7 Å². The van der Waals surface area contributed by atoms with E-state index in [9.17, 15) is 4.79 Å². The lowest BCUT2D eigenvalue weighted by Gasteiger charge is -2.11. The topological polar surface area (TPSA) is 118 Å². The summed E-state index contributed by atoms with van der Waals surface area (Å²) >= 11 is 0. The Balaban J connectivity index is 1.23. The van der Waals surface area contributed by atoms with Crippen molar-refractivity contribution in [2.45, 2.75) is 13.8 Å². The number of carbonyl (C=O) groups is 1. The molecule has 0 aliphatic carbocycles. The van der Waals surface area contributed by atoms with Gasteiger partial charge in [-0.15, -0.1) is 0 Å². The lowest BCUT2D eigenvalue weighted by molar-refractivity contribution is 0.101.